The van der Waals surface area contributed by atoms with Crippen molar-refractivity contribution in [3.8, 4) is 0 Å². The Labute approximate surface area is 137 Å². The van der Waals surface area contributed by atoms with Gasteiger partial charge in [0.2, 0.25) is 5.91 Å². The molecule has 1 N–H and O–H groups in total. The van der Waals surface area contributed by atoms with Gasteiger partial charge in [-0.15, -0.1) is 11.8 Å². The van der Waals surface area contributed by atoms with Crippen molar-refractivity contribution in [3.63, 3.8) is 0 Å². The van der Waals surface area contributed by atoms with Crippen molar-refractivity contribution in [1.82, 2.24) is 4.90 Å². The van der Waals surface area contributed by atoms with Gasteiger partial charge in [-0.2, -0.15) is 0 Å². The SMILES string of the molecule is O=C1CSc2ccc(C(=O)OCC(=O)N3CCOCC3)cc2N1. The van der Waals surface area contributed by atoms with E-state index in [0.717, 1.165) is 4.90 Å². The fourth-order valence-corrected chi connectivity index (χ4v) is 3.11. The molecule has 1 fully saturated rings. The fourth-order valence-electron chi connectivity index (χ4n) is 2.32. The monoisotopic (exact) mass is 336 g/mol. The van der Waals surface area contributed by atoms with E-state index in [9.17, 15) is 14.4 Å². The van der Waals surface area contributed by atoms with Crippen molar-refractivity contribution in [3.05, 3.63) is 23.8 Å². The topological polar surface area (TPSA) is 84.9 Å². The number of esters is 1. The third kappa shape index (κ3) is 3.83. The van der Waals surface area contributed by atoms with Crippen molar-refractivity contribution in [2.45, 2.75) is 4.90 Å². The number of carbonyl (C=O) groups excluding carboxylic acids is 3. The molecule has 7 nitrogen and oxygen atoms in total. The first-order valence-corrected chi connectivity index (χ1v) is 8.21. The Bertz CT molecular complexity index is 643. The number of anilines is 1. The van der Waals surface area contributed by atoms with Crippen molar-refractivity contribution in [1.29, 1.82) is 0 Å². The summed E-state index contributed by atoms with van der Waals surface area (Å²) in [6.45, 7) is 1.73. The van der Waals surface area contributed by atoms with Crippen molar-refractivity contribution in [2.75, 3.05) is 44.0 Å². The Kier molecular flexibility index (Phi) is 4.82. The van der Waals surface area contributed by atoms with Crippen LogP contribution in [-0.2, 0) is 19.1 Å². The first-order chi connectivity index (χ1) is 11.1. The molecule has 1 aromatic carbocycles. The lowest BCUT2D eigenvalue weighted by molar-refractivity contribution is -0.138. The molecule has 2 aliphatic heterocycles. The number of morpholine rings is 1. The summed E-state index contributed by atoms with van der Waals surface area (Å²) in [6, 6.07) is 4.96. The molecule has 23 heavy (non-hydrogen) atoms. The number of carbonyl (C=O) groups is 3. The average molecular weight is 336 g/mol. The number of nitrogens with zero attached hydrogens (tertiary/aromatic N) is 1. The summed E-state index contributed by atoms with van der Waals surface area (Å²) in [7, 11) is 0. The number of rotatable bonds is 3. The Morgan fingerprint density at radius 2 is 2.09 bits per heavy atom. The van der Waals surface area contributed by atoms with Crippen LogP contribution in [0.3, 0.4) is 0 Å². The number of hydrogen-bond donors (Lipinski definition) is 1. The molecular formula is C15H16N2O5S. The quantitative estimate of drug-likeness (QED) is 0.820. The van der Waals surface area contributed by atoms with Gasteiger partial charge >= 0.3 is 5.97 Å². The van der Waals surface area contributed by atoms with E-state index in [1.54, 1.807) is 23.1 Å². The molecule has 122 valence electrons. The van der Waals surface area contributed by atoms with Crippen molar-refractivity contribution >= 4 is 35.2 Å². The highest BCUT2D eigenvalue weighted by Gasteiger charge is 2.20. The maximum Gasteiger partial charge on any atom is 0.338 e. The molecule has 3 rings (SSSR count). The number of nitrogens with one attached hydrogen (secondary N) is 1. The normalized spacial score (nSPS) is 17.2. The molecular weight excluding hydrogens is 320 g/mol. The van der Waals surface area contributed by atoms with Gasteiger partial charge in [0.25, 0.3) is 5.91 Å². The van der Waals surface area contributed by atoms with Gasteiger partial charge in [-0.1, -0.05) is 0 Å². The van der Waals surface area contributed by atoms with Gasteiger partial charge in [0.1, 0.15) is 0 Å². The molecule has 0 aliphatic carbocycles. The third-order valence-electron chi connectivity index (χ3n) is 3.54. The zero-order valence-electron chi connectivity index (χ0n) is 12.4. The molecule has 1 saturated heterocycles. The molecule has 0 bridgehead atoms. The smallest absolute Gasteiger partial charge is 0.338 e. The molecule has 0 aromatic heterocycles. The van der Waals surface area contributed by atoms with E-state index in [2.05, 4.69) is 5.32 Å². The second-order valence-electron chi connectivity index (χ2n) is 5.12. The average Bonchev–Trinajstić information content (AvgIpc) is 2.59. The second-order valence-corrected chi connectivity index (χ2v) is 6.13. The van der Waals surface area contributed by atoms with Gasteiger partial charge in [0, 0.05) is 18.0 Å². The van der Waals surface area contributed by atoms with Crippen LogP contribution in [0.2, 0.25) is 0 Å². The first-order valence-electron chi connectivity index (χ1n) is 7.23. The van der Waals surface area contributed by atoms with E-state index in [1.165, 1.54) is 11.8 Å². The summed E-state index contributed by atoms with van der Waals surface area (Å²) in [5, 5.41) is 2.72. The van der Waals surface area contributed by atoms with Crippen LogP contribution in [-0.4, -0.2) is 61.3 Å². The second kappa shape index (κ2) is 7.01. The highest BCUT2D eigenvalue weighted by Crippen LogP contribution is 2.32. The minimum atomic E-state index is -0.584. The zero-order chi connectivity index (χ0) is 16.2. The summed E-state index contributed by atoms with van der Waals surface area (Å²) in [5.41, 5.74) is 0.904. The molecule has 2 heterocycles. The van der Waals surface area contributed by atoms with Crippen LogP contribution in [0.15, 0.2) is 23.1 Å². The summed E-state index contributed by atoms with van der Waals surface area (Å²) in [5.74, 6) is -0.552. The van der Waals surface area contributed by atoms with Gasteiger partial charge < -0.3 is 19.7 Å². The molecule has 0 saturated carbocycles. The van der Waals surface area contributed by atoms with Crippen molar-refractivity contribution in [2.24, 2.45) is 0 Å². The molecule has 8 heteroatoms. The number of benzene rings is 1. The van der Waals surface area contributed by atoms with Crippen molar-refractivity contribution < 1.29 is 23.9 Å². The largest absolute Gasteiger partial charge is 0.452 e. The third-order valence-corrected chi connectivity index (χ3v) is 4.61. The number of thioether (sulfide) groups is 1. The summed E-state index contributed by atoms with van der Waals surface area (Å²) in [4.78, 5) is 37.9. The fraction of sp³-hybridized carbons (Fsp3) is 0.400. The van der Waals surface area contributed by atoms with E-state index in [0.29, 0.717) is 43.3 Å². The number of fused-ring (bicyclic) bond motifs is 1. The summed E-state index contributed by atoms with van der Waals surface area (Å²) < 4.78 is 10.2. The number of ether oxygens (including phenoxy) is 2. The predicted molar refractivity (Wildman–Crippen MR) is 83.5 cm³/mol. The lowest BCUT2D eigenvalue weighted by Crippen LogP contribution is -2.42. The first kappa shape index (κ1) is 15.8. The molecule has 0 atom stereocenters. The van der Waals surface area contributed by atoms with Gasteiger partial charge in [-0.25, -0.2) is 4.79 Å². The van der Waals surface area contributed by atoms with Crippen LogP contribution in [0.1, 0.15) is 10.4 Å². The summed E-state index contributed by atoms with van der Waals surface area (Å²) >= 11 is 1.42. The molecule has 2 amide bonds. The Morgan fingerprint density at radius 1 is 1.30 bits per heavy atom. The van der Waals surface area contributed by atoms with Crippen LogP contribution in [0.5, 0.6) is 0 Å². The van der Waals surface area contributed by atoms with Crippen LogP contribution >= 0.6 is 11.8 Å². The minimum Gasteiger partial charge on any atom is -0.452 e. The van der Waals surface area contributed by atoms with Crippen LogP contribution in [0.4, 0.5) is 5.69 Å². The van der Waals surface area contributed by atoms with Gasteiger partial charge in [-0.3, -0.25) is 9.59 Å². The van der Waals surface area contributed by atoms with E-state index in [-0.39, 0.29) is 18.4 Å². The maximum absolute atomic E-state index is 12.1. The molecule has 0 spiro atoms. The van der Waals surface area contributed by atoms with Gasteiger partial charge in [-0.05, 0) is 18.2 Å². The van der Waals surface area contributed by atoms with Crippen LogP contribution in [0, 0.1) is 0 Å². The zero-order valence-corrected chi connectivity index (χ0v) is 13.2. The minimum absolute atomic E-state index is 0.101. The van der Waals surface area contributed by atoms with E-state index in [4.69, 9.17) is 9.47 Å². The Morgan fingerprint density at radius 3 is 2.87 bits per heavy atom. The summed E-state index contributed by atoms with van der Waals surface area (Å²) in [6.07, 6.45) is 0. The highest BCUT2D eigenvalue weighted by atomic mass is 32.2. The number of amides is 2. The van der Waals surface area contributed by atoms with E-state index < -0.39 is 5.97 Å². The van der Waals surface area contributed by atoms with E-state index >= 15 is 0 Å². The maximum atomic E-state index is 12.1. The molecule has 0 unspecified atom stereocenters. The Hall–Kier alpha value is -2.06. The van der Waals surface area contributed by atoms with E-state index in [1.807, 2.05) is 0 Å². The molecule has 2 aliphatic rings. The highest BCUT2D eigenvalue weighted by molar-refractivity contribution is 8.00. The predicted octanol–water partition coefficient (Wildman–Crippen LogP) is 0.746. The van der Waals surface area contributed by atoms with Crippen LogP contribution in [0.25, 0.3) is 0 Å². The van der Waals surface area contributed by atoms with Gasteiger partial charge in [0.15, 0.2) is 6.61 Å². The molecule has 0 radical (unpaired) electrons. The van der Waals surface area contributed by atoms with Crippen LogP contribution < -0.4 is 5.32 Å². The lowest BCUT2D eigenvalue weighted by atomic mass is 10.2. The lowest BCUT2D eigenvalue weighted by Gasteiger charge is -2.26. The van der Waals surface area contributed by atoms with Gasteiger partial charge in [0.05, 0.1) is 30.2 Å². The number of hydrogen-bond acceptors (Lipinski definition) is 6. The molecule has 1 aromatic rings. The Balaban J connectivity index is 1.59. The standard InChI is InChI=1S/C15H16N2O5S/c18-13-9-23-12-2-1-10(7-11(12)16-13)15(20)22-8-14(19)17-3-5-21-6-4-17/h1-2,7H,3-6,8-9H2,(H,16,18).